The second-order valence-electron chi connectivity index (χ2n) is 8.82. The highest BCUT2D eigenvalue weighted by molar-refractivity contribution is 5.82. The number of ether oxygens (including phenoxy) is 1. The molecular weight excluding hydrogens is 316 g/mol. The van der Waals surface area contributed by atoms with Crippen molar-refractivity contribution in [1.82, 2.24) is 21.1 Å². The molecule has 4 aliphatic heterocycles. The average molecular weight is 348 g/mol. The van der Waals surface area contributed by atoms with E-state index >= 15 is 0 Å². The van der Waals surface area contributed by atoms with Gasteiger partial charge in [-0.05, 0) is 44.4 Å². The van der Waals surface area contributed by atoms with Gasteiger partial charge in [-0.1, -0.05) is 12.8 Å². The fourth-order valence-corrected chi connectivity index (χ4v) is 6.02. The van der Waals surface area contributed by atoms with Gasteiger partial charge in [0.15, 0.2) is 0 Å². The molecule has 0 aromatic heterocycles. The van der Waals surface area contributed by atoms with Crippen molar-refractivity contribution in [1.29, 1.82) is 0 Å². The van der Waals surface area contributed by atoms with Crippen LogP contribution < -0.4 is 16.2 Å². The molecule has 0 spiro atoms. The van der Waals surface area contributed by atoms with Crippen LogP contribution in [0.3, 0.4) is 0 Å². The van der Waals surface area contributed by atoms with E-state index in [9.17, 15) is 4.79 Å². The number of nitrogens with zero attached hydrogens (tertiary/aromatic N) is 1. The van der Waals surface area contributed by atoms with E-state index < -0.39 is 0 Å². The van der Waals surface area contributed by atoms with Crippen molar-refractivity contribution in [3.8, 4) is 0 Å². The molecule has 0 aromatic carbocycles. The SMILES string of the molecule is O=C(C1CC2CCCCC2N1)N1CCC2NNC(C3CCCO3)C2C1. The summed E-state index contributed by atoms with van der Waals surface area (Å²) in [6, 6.07) is 1.49. The van der Waals surface area contributed by atoms with E-state index in [0.29, 0.717) is 36.1 Å². The van der Waals surface area contributed by atoms with Crippen LogP contribution in [-0.4, -0.2) is 60.8 Å². The fraction of sp³-hybridized carbons (Fsp3) is 0.947. The van der Waals surface area contributed by atoms with Crippen LogP contribution >= 0.6 is 0 Å². The number of hydrogen-bond acceptors (Lipinski definition) is 5. The maximum absolute atomic E-state index is 13.2. The number of hydrogen-bond donors (Lipinski definition) is 3. The number of likely N-dealkylation sites (tertiary alicyclic amines) is 1. The summed E-state index contributed by atoms with van der Waals surface area (Å²) < 4.78 is 5.93. The number of amides is 1. The number of piperidine rings is 1. The Balaban J connectivity index is 1.23. The summed E-state index contributed by atoms with van der Waals surface area (Å²) in [5.74, 6) is 1.56. The predicted molar refractivity (Wildman–Crippen MR) is 94.8 cm³/mol. The minimum atomic E-state index is 0.0631. The van der Waals surface area contributed by atoms with Gasteiger partial charge in [0.1, 0.15) is 0 Å². The number of nitrogens with one attached hydrogen (secondary N) is 3. The third-order valence-electron chi connectivity index (χ3n) is 7.39. The number of carbonyl (C=O) groups is 1. The van der Waals surface area contributed by atoms with Gasteiger partial charge in [-0.25, -0.2) is 0 Å². The molecule has 6 nitrogen and oxygen atoms in total. The van der Waals surface area contributed by atoms with Crippen molar-refractivity contribution in [3.05, 3.63) is 0 Å². The van der Waals surface area contributed by atoms with Crippen molar-refractivity contribution in [2.45, 2.75) is 81.6 Å². The molecule has 4 saturated heterocycles. The van der Waals surface area contributed by atoms with Crippen molar-refractivity contribution in [3.63, 3.8) is 0 Å². The van der Waals surface area contributed by atoms with Crippen molar-refractivity contribution < 1.29 is 9.53 Å². The molecule has 0 aromatic rings. The van der Waals surface area contributed by atoms with Crippen molar-refractivity contribution in [2.24, 2.45) is 11.8 Å². The van der Waals surface area contributed by atoms with Crippen LogP contribution in [0.25, 0.3) is 0 Å². The lowest BCUT2D eigenvalue weighted by Gasteiger charge is -2.38. The van der Waals surface area contributed by atoms with E-state index in [0.717, 1.165) is 51.3 Å². The Bertz CT molecular complexity index is 496. The average Bonchev–Trinajstić information content (AvgIpc) is 3.37. The molecule has 7 atom stereocenters. The second-order valence-corrected chi connectivity index (χ2v) is 8.82. The van der Waals surface area contributed by atoms with Gasteiger partial charge in [-0.15, -0.1) is 0 Å². The number of rotatable bonds is 2. The van der Waals surface area contributed by atoms with Crippen LogP contribution in [-0.2, 0) is 9.53 Å². The zero-order valence-electron chi connectivity index (χ0n) is 15.1. The molecule has 7 unspecified atom stereocenters. The summed E-state index contributed by atoms with van der Waals surface area (Å²) in [6.45, 7) is 2.65. The maximum atomic E-state index is 13.2. The molecule has 1 aliphatic carbocycles. The topological polar surface area (TPSA) is 65.6 Å². The van der Waals surface area contributed by atoms with Gasteiger partial charge in [0.25, 0.3) is 0 Å². The van der Waals surface area contributed by atoms with Crippen LogP contribution in [0.2, 0.25) is 0 Å². The monoisotopic (exact) mass is 348 g/mol. The molecule has 0 radical (unpaired) electrons. The molecule has 3 N–H and O–H groups in total. The lowest BCUT2D eigenvalue weighted by Crippen LogP contribution is -2.54. The number of fused-ring (bicyclic) bond motifs is 2. The summed E-state index contributed by atoms with van der Waals surface area (Å²) in [5, 5.41) is 3.67. The molecule has 6 heteroatoms. The van der Waals surface area contributed by atoms with E-state index in [1.165, 1.54) is 25.7 Å². The highest BCUT2D eigenvalue weighted by Gasteiger charge is 2.47. The Hall–Kier alpha value is -0.690. The first-order valence-corrected chi connectivity index (χ1v) is 10.5. The zero-order valence-corrected chi connectivity index (χ0v) is 15.1. The van der Waals surface area contributed by atoms with E-state index in [1.807, 2.05) is 0 Å². The fourth-order valence-electron chi connectivity index (χ4n) is 6.02. The van der Waals surface area contributed by atoms with Crippen molar-refractivity contribution in [2.75, 3.05) is 19.7 Å². The van der Waals surface area contributed by atoms with Gasteiger partial charge in [0, 0.05) is 37.7 Å². The van der Waals surface area contributed by atoms with Crippen LogP contribution in [0, 0.1) is 11.8 Å². The van der Waals surface area contributed by atoms with E-state index in [4.69, 9.17) is 4.74 Å². The van der Waals surface area contributed by atoms with Crippen LogP contribution in [0.1, 0.15) is 51.4 Å². The van der Waals surface area contributed by atoms with Gasteiger partial charge >= 0.3 is 0 Å². The van der Waals surface area contributed by atoms with Crippen LogP contribution in [0.4, 0.5) is 0 Å². The van der Waals surface area contributed by atoms with Crippen LogP contribution in [0.15, 0.2) is 0 Å². The maximum Gasteiger partial charge on any atom is 0.239 e. The standard InChI is InChI=1S/C19H32N4O2/c24-19(16-10-12-4-1-2-5-14(12)20-16)23-8-7-15-13(11-23)18(22-21-15)17-6-3-9-25-17/h12-18,20-22H,1-11H2. The van der Waals surface area contributed by atoms with E-state index in [1.54, 1.807) is 0 Å². The summed E-state index contributed by atoms with van der Waals surface area (Å²) in [7, 11) is 0. The first-order valence-electron chi connectivity index (χ1n) is 10.5. The van der Waals surface area contributed by atoms with Gasteiger partial charge < -0.3 is 15.0 Å². The summed E-state index contributed by atoms with van der Waals surface area (Å²) in [4.78, 5) is 15.3. The van der Waals surface area contributed by atoms with E-state index in [-0.39, 0.29) is 6.04 Å². The molecule has 0 bridgehead atoms. The van der Waals surface area contributed by atoms with Gasteiger partial charge in [0.2, 0.25) is 5.91 Å². The highest BCUT2D eigenvalue weighted by atomic mass is 16.5. The summed E-state index contributed by atoms with van der Waals surface area (Å²) >= 11 is 0. The quantitative estimate of drug-likeness (QED) is 0.688. The molecule has 25 heavy (non-hydrogen) atoms. The minimum Gasteiger partial charge on any atom is -0.377 e. The lowest BCUT2D eigenvalue weighted by atomic mass is 9.84. The Kier molecular flexibility index (Phi) is 4.48. The third kappa shape index (κ3) is 3.01. The minimum absolute atomic E-state index is 0.0631. The third-order valence-corrected chi connectivity index (χ3v) is 7.39. The van der Waals surface area contributed by atoms with Crippen molar-refractivity contribution >= 4 is 5.91 Å². The molecule has 1 saturated carbocycles. The lowest BCUT2D eigenvalue weighted by molar-refractivity contribution is -0.135. The predicted octanol–water partition coefficient (Wildman–Crippen LogP) is 0.780. The molecule has 1 amide bonds. The smallest absolute Gasteiger partial charge is 0.239 e. The van der Waals surface area contributed by atoms with Crippen LogP contribution in [0.5, 0.6) is 0 Å². The molecule has 5 rings (SSSR count). The highest BCUT2D eigenvalue weighted by Crippen LogP contribution is 2.35. The number of carbonyl (C=O) groups excluding carboxylic acids is 1. The van der Waals surface area contributed by atoms with Gasteiger partial charge in [-0.3, -0.25) is 15.6 Å². The molecule has 5 fully saturated rings. The van der Waals surface area contributed by atoms with E-state index in [2.05, 4.69) is 21.1 Å². The Morgan fingerprint density at radius 1 is 1.00 bits per heavy atom. The first kappa shape index (κ1) is 16.5. The molecule has 5 aliphatic rings. The molecular formula is C19H32N4O2. The summed E-state index contributed by atoms with van der Waals surface area (Å²) in [5.41, 5.74) is 6.95. The molecule has 140 valence electrons. The van der Waals surface area contributed by atoms with Gasteiger partial charge in [0.05, 0.1) is 18.2 Å². The molecule has 4 heterocycles. The Morgan fingerprint density at radius 2 is 1.92 bits per heavy atom. The Morgan fingerprint density at radius 3 is 2.76 bits per heavy atom. The first-order chi connectivity index (χ1) is 12.3. The second kappa shape index (κ2) is 6.80. The number of hydrazine groups is 1. The zero-order chi connectivity index (χ0) is 16.8. The van der Waals surface area contributed by atoms with Gasteiger partial charge in [-0.2, -0.15) is 0 Å². The Labute approximate surface area is 150 Å². The summed E-state index contributed by atoms with van der Waals surface area (Å²) in [6.07, 6.45) is 9.95. The largest absolute Gasteiger partial charge is 0.377 e. The normalized spacial score (nSPS) is 46.9.